The number of benzene rings is 3. The van der Waals surface area contributed by atoms with Gasteiger partial charge >= 0.3 is 11.9 Å². The van der Waals surface area contributed by atoms with E-state index in [1.54, 1.807) is 30.3 Å². The van der Waals surface area contributed by atoms with Gasteiger partial charge in [-0.3, -0.25) is 9.62 Å². The van der Waals surface area contributed by atoms with Crippen molar-refractivity contribution in [2.75, 3.05) is 23.8 Å². The normalized spacial score (nSPS) is 15.2. The molecule has 11 heteroatoms. The highest BCUT2D eigenvalue weighted by Gasteiger charge is 2.43. The quantitative estimate of drug-likeness (QED) is 0.386. The van der Waals surface area contributed by atoms with Gasteiger partial charge in [0.15, 0.2) is 0 Å². The second kappa shape index (κ2) is 11.8. The van der Waals surface area contributed by atoms with Crippen molar-refractivity contribution in [3.05, 3.63) is 112 Å². The fourth-order valence-electron chi connectivity index (χ4n) is 5.09. The molecule has 3 N–H and O–H groups in total. The number of allylic oxidation sites excluding steroid dienone is 1. The van der Waals surface area contributed by atoms with Gasteiger partial charge in [0.25, 0.3) is 10.0 Å². The lowest BCUT2D eigenvalue weighted by Crippen LogP contribution is -2.40. The molecular weight excluding hydrogens is 556 g/mol. The molecule has 1 unspecified atom stereocenters. The summed E-state index contributed by atoms with van der Waals surface area (Å²) in [6, 6.07) is 20.0. The summed E-state index contributed by atoms with van der Waals surface area (Å²) < 4.78 is 39.3. The van der Waals surface area contributed by atoms with E-state index in [2.05, 4.69) is 10.8 Å². The predicted octanol–water partition coefficient (Wildman–Crippen LogP) is 4.31. The highest BCUT2D eigenvalue weighted by Crippen LogP contribution is 2.43. The molecule has 1 aliphatic heterocycles. The van der Waals surface area contributed by atoms with Crippen molar-refractivity contribution >= 4 is 33.3 Å². The van der Waals surface area contributed by atoms with Crippen molar-refractivity contribution in [3.8, 4) is 6.07 Å². The maximum absolute atomic E-state index is 13.3. The molecule has 3 aromatic rings. The van der Waals surface area contributed by atoms with Gasteiger partial charge in [0.05, 0.1) is 47.9 Å². The van der Waals surface area contributed by atoms with Crippen LogP contribution in [0.3, 0.4) is 0 Å². The van der Waals surface area contributed by atoms with Gasteiger partial charge in [-0.15, -0.1) is 0 Å². The molecule has 4 rings (SSSR count). The van der Waals surface area contributed by atoms with Crippen LogP contribution in [0.5, 0.6) is 0 Å². The van der Waals surface area contributed by atoms with Gasteiger partial charge in [-0.2, -0.15) is 5.26 Å². The molecule has 0 bridgehead atoms. The number of hydrogen-bond donors (Lipinski definition) is 2. The molecule has 42 heavy (non-hydrogen) atoms. The summed E-state index contributed by atoms with van der Waals surface area (Å²) in [6.07, 6.45) is 0. The van der Waals surface area contributed by atoms with Crippen LogP contribution in [0.1, 0.15) is 28.2 Å². The van der Waals surface area contributed by atoms with Crippen molar-refractivity contribution in [2.45, 2.75) is 31.6 Å². The number of sulfonamides is 1. The zero-order chi connectivity index (χ0) is 30.8. The summed E-state index contributed by atoms with van der Waals surface area (Å²) >= 11 is 0. The Morgan fingerprint density at radius 1 is 0.929 bits per heavy atom. The average Bonchev–Trinajstić information content (AvgIpc) is 2.98. The van der Waals surface area contributed by atoms with E-state index in [0.29, 0.717) is 11.3 Å². The zero-order valence-corrected chi connectivity index (χ0v) is 24.6. The predicted molar refractivity (Wildman–Crippen MR) is 157 cm³/mol. The molecule has 3 aromatic carbocycles. The lowest BCUT2D eigenvalue weighted by molar-refractivity contribution is -0.139. The van der Waals surface area contributed by atoms with Crippen LogP contribution < -0.4 is 15.4 Å². The summed E-state index contributed by atoms with van der Waals surface area (Å²) in [5.41, 5.74) is 9.91. The first-order chi connectivity index (χ1) is 19.9. The molecule has 10 nitrogen and oxygen atoms in total. The van der Waals surface area contributed by atoms with Gasteiger partial charge in [-0.25, -0.2) is 18.0 Å². The Bertz CT molecular complexity index is 1750. The molecule has 216 valence electrons. The molecule has 1 aliphatic rings. The number of methoxy groups -OCH3 is 2. The number of esters is 2. The maximum atomic E-state index is 13.3. The number of anilines is 2. The number of ether oxygens (including phenoxy) is 2. The van der Waals surface area contributed by atoms with E-state index in [1.165, 1.54) is 29.2 Å². The van der Waals surface area contributed by atoms with Crippen LogP contribution in [0.2, 0.25) is 0 Å². The van der Waals surface area contributed by atoms with Crippen molar-refractivity contribution in [1.29, 1.82) is 5.26 Å². The Morgan fingerprint density at radius 3 is 2.02 bits per heavy atom. The first-order valence-electron chi connectivity index (χ1n) is 12.8. The van der Waals surface area contributed by atoms with Crippen LogP contribution in [0, 0.1) is 32.1 Å². The monoisotopic (exact) mass is 586 g/mol. The van der Waals surface area contributed by atoms with Crippen molar-refractivity contribution in [1.82, 2.24) is 0 Å². The summed E-state index contributed by atoms with van der Waals surface area (Å²) in [5.74, 6) is -2.90. The van der Waals surface area contributed by atoms with Crippen molar-refractivity contribution in [3.63, 3.8) is 0 Å². The summed E-state index contributed by atoms with van der Waals surface area (Å²) in [7, 11) is -1.69. The highest BCUT2D eigenvalue weighted by molar-refractivity contribution is 7.92. The van der Waals surface area contributed by atoms with Crippen LogP contribution in [-0.2, 0) is 29.1 Å². The lowest BCUT2D eigenvalue weighted by Gasteiger charge is -2.35. The largest absolute Gasteiger partial charge is 0.466 e. The molecule has 1 heterocycles. The second-order valence-corrected chi connectivity index (χ2v) is 11.4. The molecule has 0 radical (unpaired) electrons. The van der Waals surface area contributed by atoms with Gasteiger partial charge < -0.3 is 15.2 Å². The number of nitrogens with one attached hydrogen (secondary N) is 1. The van der Waals surface area contributed by atoms with Crippen molar-refractivity contribution in [2.24, 2.45) is 5.73 Å². The Labute approximate surface area is 244 Å². The minimum absolute atomic E-state index is 0.00191. The van der Waals surface area contributed by atoms with Gasteiger partial charge in [-0.05, 0) is 61.7 Å². The highest BCUT2D eigenvalue weighted by atomic mass is 32.2. The maximum Gasteiger partial charge on any atom is 0.355 e. The summed E-state index contributed by atoms with van der Waals surface area (Å²) in [6.45, 7) is 5.57. The zero-order valence-electron chi connectivity index (χ0n) is 23.8. The van der Waals surface area contributed by atoms with Gasteiger partial charge in [0.2, 0.25) is 0 Å². The number of nitriles is 1. The molecule has 0 saturated heterocycles. The summed E-state index contributed by atoms with van der Waals surface area (Å²) in [5, 5.41) is 10.2. The van der Waals surface area contributed by atoms with Crippen LogP contribution in [0.15, 0.2) is 94.3 Å². The van der Waals surface area contributed by atoms with E-state index in [9.17, 15) is 23.3 Å². The third-order valence-corrected chi connectivity index (χ3v) is 8.29. The van der Waals surface area contributed by atoms with Crippen molar-refractivity contribution < 1.29 is 27.5 Å². The van der Waals surface area contributed by atoms with Crippen LogP contribution in [-0.4, -0.2) is 34.6 Å². The third kappa shape index (κ3) is 5.44. The smallest absolute Gasteiger partial charge is 0.355 e. The molecule has 0 amide bonds. The Kier molecular flexibility index (Phi) is 8.40. The van der Waals surface area contributed by atoms with E-state index < -0.39 is 27.9 Å². The minimum atomic E-state index is -4.00. The third-order valence-electron chi connectivity index (χ3n) is 6.93. The standard InChI is InChI=1S/C31H30N4O6S/c1-18-15-19(2)27(20(3)16-18)34-42(38,39)23-13-11-22(12-14-23)35-28(31(37)41-5)26(30(36)40-4)25(24(17-32)29(35)33)21-9-7-6-8-10-21/h6-16,25,34H,33H2,1-5H3. The lowest BCUT2D eigenvalue weighted by atomic mass is 9.81. The molecule has 1 atom stereocenters. The number of hydrogen-bond acceptors (Lipinski definition) is 9. The number of carbonyl (C=O) groups is 2. The average molecular weight is 587 g/mol. The molecular formula is C31H30N4O6S. The number of nitrogens with zero attached hydrogens (tertiary/aromatic N) is 2. The molecule has 0 saturated carbocycles. The first-order valence-corrected chi connectivity index (χ1v) is 14.3. The van der Waals surface area contributed by atoms with Gasteiger partial charge in [0.1, 0.15) is 11.5 Å². The number of aryl methyl sites for hydroxylation is 3. The Balaban J connectivity index is 1.86. The second-order valence-electron chi connectivity index (χ2n) is 9.71. The SMILES string of the molecule is COC(=O)C1=C(C(=O)OC)N(c2ccc(S(=O)(=O)Nc3c(C)cc(C)cc3C)cc2)C(N)=C(C#N)C1c1ccccc1. The Morgan fingerprint density at radius 2 is 1.50 bits per heavy atom. The first kappa shape index (κ1) is 29.9. The summed E-state index contributed by atoms with van der Waals surface area (Å²) in [4.78, 5) is 27.6. The van der Waals surface area contributed by atoms with E-state index in [0.717, 1.165) is 30.9 Å². The van der Waals surface area contributed by atoms with E-state index >= 15 is 0 Å². The molecule has 0 fully saturated rings. The van der Waals surface area contributed by atoms with E-state index in [1.807, 2.05) is 32.9 Å². The topological polar surface area (TPSA) is 152 Å². The van der Waals surface area contributed by atoms with Crippen LogP contribution in [0.25, 0.3) is 0 Å². The van der Waals surface area contributed by atoms with Gasteiger partial charge in [0, 0.05) is 5.69 Å². The molecule has 0 spiro atoms. The van der Waals surface area contributed by atoms with E-state index in [-0.39, 0.29) is 33.2 Å². The van der Waals surface area contributed by atoms with Crippen LogP contribution >= 0.6 is 0 Å². The fourth-order valence-corrected chi connectivity index (χ4v) is 6.29. The minimum Gasteiger partial charge on any atom is -0.466 e. The number of carbonyl (C=O) groups excluding carboxylic acids is 2. The van der Waals surface area contributed by atoms with E-state index in [4.69, 9.17) is 15.2 Å². The molecule has 0 aliphatic carbocycles. The number of rotatable bonds is 7. The number of nitrogens with two attached hydrogens (primary N) is 1. The molecule has 0 aromatic heterocycles. The fraction of sp³-hybridized carbons (Fsp3) is 0.194. The Hall–Kier alpha value is -5.08. The van der Waals surface area contributed by atoms with Crippen LogP contribution in [0.4, 0.5) is 11.4 Å². The van der Waals surface area contributed by atoms with Gasteiger partial charge in [-0.1, -0.05) is 48.0 Å².